The molecule has 0 radical (unpaired) electrons. The second-order valence-corrected chi connectivity index (χ2v) is 3.18. The molecule has 1 unspecified atom stereocenters. The van der Waals surface area contributed by atoms with Gasteiger partial charge in [-0.2, -0.15) is 13.2 Å². The number of nitrogens with one attached hydrogen (secondary N) is 1. The van der Waals surface area contributed by atoms with Gasteiger partial charge >= 0.3 is 6.18 Å². The summed E-state index contributed by atoms with van der Waals surface area (Å²) >= 11 is 0. The number of alkyl halides is 3. The summed E-state index contributed by atoms with van der Waals surface area (Å²) in [5.41, 5.74) is 0. The van der Waals surface area contributed by atoms with Gasteiger partial charge in [-0.1, -0.05) is 0 Å². The third-order valence-corrected chi connectivity index (χ3v) is 1.67. The minimum Gasteiger partial charge on any atom is -0.352 e. The van der Waals surface area contributed by atoms with Crippen LogP contribution in [0.5, 0.6) is 0 Å². The summed E-state index contributed by atoms with van der Waals surface area (Å²) < 4.78 is 35.8. The lowest BCUT2D eigenvalue weighted by Crippen LogP contribution is -2.43. The number of rotatable bonds is 1. The van der Waals surface area contributed by atoms with Gasteiger partial charge in [-0.05, 0) is 6.92 Å². The van der Waals surface area contributed by atoms with Gasteiger partial charge in [0.1, 0.15) is 6.54 Å². The normalized spacial score (nSPS) is 22.5. The first-order chi connectivity index (χ1) is 5.88. The van der Waals surface area contributed by atoms with E-state index in [2.05, 4.69) is 10.3 Å². The fraction of sp³-hybridized carbons (Fsp3) is 0.857. The molecule has 0 bridgehead atoms. The van der Waals surface area contributed by atoms with Gasteiger partial charge in [0.05, 0.1) is 6.54 Å². The van der Waals surface area contributed by atoms with E-state index in [1.807, 2.05) is 6.92 Å². The van der Waals surface area contributed by atoms with E-state index in [9.17, 15) is 13.2 Å². The van der Waals surface area contributed by atoms with Crippen LogP contribution < -0.4 is 5.32 Å². The fourth-order valence-corrected chi connectivity index (χ4v) is 1.11. The van der Waals surface area contributed by atoms with Crippen molar-refractivity contribution in [1.29, 1.82) is 0 Å². The Hall–Kier alpha value is -0.940. The summed E-state index contributed by atoms with van der Waals surface area (Å²) in [6.07, 6.45) is -4.18. The monoisotopic (exact) mass is 195 g/mol. The molecule has 0 amide bonds. The molecule has 0 fully saturated rings. The Labute approximate surface area is 74.6 Å². The van der Waals surface area contributed by atoms with Crippen LogP contribution >= 0.6 is 0 Å². The average Bonchev–Trinajstić information content (AvgIpc) is 2.31. The molecule has 0 saturated heterocycles. The molecule has 0 saturated carbocycles. The van der Waals surface area contributed by atoms with Crippen molar-refractivity contribution in [3.63, 3.8) is 0 Å². The molecular weight excluding hydrogens is 183 g/mol. The van der Waals surface area contributed by atoms with E-state index in [0.717, 1.165) is 4.90 Å². The Morgan fingerprint density at radius 3 is 2.62 bits per heavy atom. The molecule has 1 atom stereocenters. The highest BCUT2D eigenvalue weighted by atomic mass is 19.4. The molecule has 1 N–H and O–H groups in total. The van der Waals surface area contributed by atoms with Crippen molar-refractivity contribution < 1.29 is 13.2 Å². The maximum Gasteiger partial charge on any atom is 0.406 e. The number of hydrogen-bond donors (Lipinski definition) is 1. The van der Waals surface area contributed by atoms with Crippen molar-refractivity contribution >= 4 is 5.96 Å². The molecule has 1 rings (SSSR count). The van der Waals surface area contributed by atoms with E-state index < -0.39 is 12.7 Å². The molecule has 3 nitrogen and oxygen atoms in total. The van der Waals surface area contributed by atoms with Gasteiger partial charge in [-0.3, -0.25) is 4.99 Å². The smallest absolute Gasteiger partial charge is 0.352 e. The Morgan fingerprint density at radius 1 is 1.62 bits per heavy atom. The van der Waals surface area contributed by atoms with Crippen molar-refractivity contribution in [3.8, 4) is 0 Å². The summed E-state index contributed by atoms with van der Waals surface area (Å²) in [5.74, 6) is 0.324. The number of halogens is 3. The summed E-state index contributed by atoms with van der Waals surface area (Å²) in [4.78, 5) is 5.01. The van der Waals surface area contributed by atoms with Crippen LogP contribution in [0.4, 0.5) is 13.2 Å². The molecule has 1 aliphatic heterocycles. The highest BCUT2D eigenvalue weighted by Gasteiger charge is 2.31. The largest absolute Gasteiger partial charge is 0.406 e. The number of hydrogen-bond acceptors (Lipinski definition) is 3. The van der Waals surface area contributed by atoms with Gasteiger partial charge < -0.3 is 10.2 Å². The molecule has 6 heteroatoms. The van der Waals surface area contributed by atoms with Crippen LogP contribution in [0.15, 0.2) is 4.99 Å². The Balaban J connectivity index is 2.45. The van der Waals surface area contributed by atoms with Gasteiger partial charge in [0.25, 0.3) is 0 Å². The van der Waals surface area contributed by atoms with Gasteiger partial charge in [-0.15, -0.1) is 0 Å². The fourth-order valence-electron chi connectivity index (χ4n) is 1.11. The highest BCUT2D eigenvalue weighted by Crippen LogP contribution is 2.16. The van der Waals surface area contributed by atoms with Crippen molar-refractivity contribution in [3.05, 3.63) is 0 Å². The molecule has 76 valence electrons. The summed E-state index contributed by atoms with van der Waals surface area (Å²) in [6.45, 7) is 1.45. The number of nitrogens with zero attached hydrogens (tertiary/aromatic N) is 2. The maximum absolute atomic E-state index is 11.9. The molecule has 0 aromatic rings. The van der Waals surface area contributed by atoms with Crippen LogP contribution in [0.2, 0.25) is 0 Å². The maximum atomic E-state index is 11.9. The average molecular weight is 195 g/mol. The third kappa shape index (κ3) is 3.12. The second-order valence-electron chi connectivity index (χ2n) is 3.18. The Kier molecular flexibility index (Phi) is 2.68. The van der Waals surface area contributed by atoms with E-state index in [1.165, 1.54) is 7.05 Å². The first-order valence-electron chi connectivity index (χ1n) is 3.97. The lowest BCUT2D eigenvalue weighted by atomic mass is 10.4. The van der Waals surface area contributed by atoms with Crippen molar-refractivity contribution in [2.24, 2.45) is 4.99 Å². The van der Waals surface area contributed by atoms with E-state index in [4.69, 9.17) is 0 Å². The summed E-state index contributed by atoms with van der Waals surface area (Å²) in [7, 11) is 1.37. The topological polar surface area (TPSA) is 27.6 Å². The Morgan fingerprint density at radius 2 is 2.23 bits per heavy atom. The van der Waals surface area contributed by atoms with Crippen molar-refractivity contribution in [2.45, 2.75) is 19.1 Å². The molecule has 0 aromatic heterocycles. The van der Waals surface area contributed by atoms with Crippen molar-refractivity contribution in [2.75, 3.05) is 20.1 Å². The van der Waals surface area contributed by atoms with E-state index in [-0.39, 0.29) is 6.04 Å². The number of aliphatic imine (C=N–C) groups is 1. The molecule has 1 heterocycles. The van der Waals surface area contributed by atoms with Gasteiger partial charge in [0.2, 0.25) is 0 Å². The minimum absolute atomic E-state index is 0.130. The van der Waals surface area contributed by atoms with E-state index in [0.29, 0.717) is 12.5 Å². The molecule has 1 aliphatic rings. The lowest BCUT2D eigenvalue weighted by molar-refractivity contribution is -0.136. The SMILES string of the molecule is CC1CN=C(N(C)CC(F)(F)F)N1. The zero-order chi connectivity index (χ0) is 10.1. The van der Waals surface area contributed by atoms with Crippen LogP contribution in [0.3, 0.4) is 0 Å². The van der Waals surface area contributed by atoms with Crippen LogP contribution in [0, 0.1) is 0 Å². The molecule has 0 spiro atoms. The van der Waals surface area contributed by atoms with Crippen LogP contribution in [0.25, 0.3) is 0 Å². The molecule has 0 aromatic carbocycles. The highest BCUT2D eigenvalue weighted by molar-refractivity contribution is 5.81. The molecular formula is C7H12F3N3. The van der Waals surface area contributed by atoms with Crippen LogP contribution in [-0.2, 0) is 0 Å². The standard InChI is InChI=1S/C7H12F3N3/c1-5-3-11-6(12-5)13(2)4-7(8,9)10/h5H,3-4H2,1-2H3,(H,11,12). The van der Waals surface area contributed by atoms with E-state index >= 15 is 0 Å². The quantitative estimate of drug-likeness (QED) is 0.671. The predicted molar refractivity (Wildman–Crippen MR) is 43.6 cm³/mol. The van der Waals surface area contributed by atoms with Crippen molar-refractivity contribution in [1.82, 2.24) is 10.2 Å². The third-order valence-electron chi connectivity index (χ3n) is 1.67. The predicted octanol–water partition coefficient (Wildman–Crippen LogP) is 0.828. The second kappa shape index (κ2) is 3.43. The first-order valence-corrected chi connectivity index (χ1v) is 3.97. The first kappa shape index (κ1) is 10.1. The van der Waals surface area contributed by atoms with Gasteiger partial charge in [0.15, 0.2) is 5.96 Å². The van der Waals surface area contributed by atoms with Crippen LogP contribution in [-0.4, -0.2) is 43.2 Å². The van der Waals surface area contributed by atoms with Crippen LogP contribution in [0.1, 0.15) is 6.92 Å². The molecule has 0 aliphatic carbocycles. The number of guanidine groups is 1. The van der Waals surface area contributed by atoms with E-state index in [1.54, 1.807) is 0 Å². The zero-order valence-corrected chi connectivity index (χ0v) is 7.52. The minimum atomic E-state index is -4.18. The van der Waals surface area contributed by atoms with Gasteiger partial charge in [-0.25, -0.2) is 0 Å². The van der Waals surface area contributed by atoms with Gasteiger partial charge in [0, 0.05) is 13.1 Å². The summed E-state index contributed by atoms with van der Waals surface area (Å²) in [6, 6.07) is 0.130. The lowest BCUT2D eigenvalue weighted by Gasteiger charge is -2.21. The molecule has 13 heavy (non-hydrogen) atoms. The Bertz CT molecular complexity index is 212. The summed E-state index contributed by atoms with van der Waals surface area (Å²) in [5, 5.41) is 2.85. The zero-order valence-electron chi connectivity index (χ0n) is 7.52.